The molecule has 0 spiro atoms. The van der Waals surface area contributed by atoms with Gasteiger partial charge in [0.2, 0.25) is 0 Å². The van der Waals surface area contributed by atoms with Gasteiger partial charge in [0.1, 0.15) is 5.75 Å². The summed E-state index contributed by atoms with van der Waals surface area (Å²) in [6.45, 7) is 3.99. The first-order valence-electron chi connectivity index (χ1n) is 7.34. The molecule has 1 N–H and O–H groups in total. The lowest BCUT2D eigenvalue weighted by atomic mass is 9.92. The van der Waals surface area contributed by atoms with E-state index < -0.39 is 0 Å². The van der Waals surface area contributed by atoms with Crippen molar-refractivity contribution in [2.75, 3.05) is 12.4 Å². The van der Waals surface area contributed by atoms with Crippen LogP contribution in [0.3, 0.4) is 0 Å². The largest absolute Gasteiger partial charge is 0.489 e. The van der Waals surface area contributed by atoms with Gasteiger partial charge < -0.3 is 14.8 Å². The molecule has 0 amide bonds. The summed E-state index contributed by atoms with van der Waals surface area (Å²) in [5.74, 6) is 0.741. The van der Waals surface area contributed by atoms with Crippen LogP contribution < -0.4 is 10.1 Å². The van der Waals surface area contributed by atoms with Gasteiger partial charge in [0, 0.05) is 18.8 Å². The molecule has 4 heteroatoms. The SMILES string of the molecule is COC1CCCC(Nc2ccc(OC(C)C)c(Cl)c2)C1. The Labute approximate surface area is 126 Å². The summed E-state index contributed by atoms with van der Waals surface area (Å²) in [6, 6.07) is 6.36. The van der Waals surface area contributed by atoms with Gasteiger partial charge in [-0.3, -0.25) is 0 Å². The summed E-state index contributed by atoms with van der Waals surface area (Å²) in [5, 5.41) is 4.20. The molecule has 1 aromatic carbocycles. The highest BCUT2D eigenvalue weighted by atomic mass is 35.5. The molecule has 1 aromatic rings. The first kappa shape index (κ1) is 15.5. The third-order valence-corrected chi connectivity index (χ3v) is 3.92. The number of rotatable bonds is 5. The third kappa shape index (κ3) is 4.29. The molecule has 0 bridgehead atoms. The van der Waals surface area contributed by atoms with E-state index in [0.29, 0.717) is 17.2 Å². The van der Waals surface area contributed by atoms with E-state index in [-0.39, 0.29) is 6.10 Å². The van der Waals surface area contributed by atoms with E-state index in [1.165, 1.54) is 12.8 Å². The van der Waals surface area contributed by atoms with Gasteiger partial charge in [-0.25, -0.2) is 0 Å². The fourth-order valence-electron chi connectivity index (χ4n) is 2.67. The molecule has 0 saturated heterocycles. The number of hydrogen-bond acceptors (Lipinski definition) is 3. The predicted molar refractivity (Wildman–Crippen MR) is 83.9 cm³/mol. The highest BCUT2D eigenvalue weighted by Crippen LogP contribution is 2.30. The van der Waals surface area contributed by atoms with E-state index in [4.69, 9.17) is 21.1 Å². The smallest absolute Gasteiger partial charge is 0.138 e. The molecule has 1 saturated carbocycles. The van der Waals surface area contributed by atoms with Crippen molar-refractivity contribution >= 4 is 17.3 Å². The second kappa shape index (κ2) is 7.19. The van der Waals surface area contributed by atoms with Gasteiger partial charge in [-0.15, -0.1) is 0 Å². The van der Waals surface area contributed by atoms with Crippen molar-refractivity contribution < 1.29 is 9.47 Å². The lowest BCUT2D eigenvalue weighted by molar-refractivity contribution is 0.0669. The third-order valence-electron chi connectivity index (χ3n) is 3.62. The molecule has 112 valence electrons. The van der Waals surface area contributed by atoms with Gasteiger partial charge in [0.05, 0.1) is 17.2 Å². The van der Waals surface area contributed by atoms with Crippen LogP contribution in [0.4, 0.5) is 5.69 Å². The molecular formula is C16H24ClNO2. The molecule has 2 rings (SSSR count). The normalized spacial score (nSPS) is 22.9. The van der Waals surface area contributed by atoms with Crippen molar-refractivity contribution in [3.63, 3.8) is 0 Å². The molecular weight excluding hydrogens is 274 g/mol. The van der Waals surface area contributed by atoms with Crippen LogP contribution in [0.1, 0.15) is 39.5 Å². The van der Waals surface area contributed by atoms with E-state index in [1.807, 2.05) is 32.0 Å². The van der Waals surface area contributed by atoms with Crippen LogP contribution in [-0.2, 0) is 4.74 Å². The maximum atomic E-state index is 6.26. The van der Waals surface area contributed by atoms with Gasteiger partial charge in [0.25, 0.3) is 0 Å². The standard InChI is InChI=1S/C16H24ClNO2/c1-11(2)20-16-8-7-13(10-15(16)17)18-12-5-4-6-14(9-12)19-3/h7-8,10-12,14,18H,4-6,9H2,1-3H3. The monoisotopic (exact) mass is 297 g/mol. The number of nitrogens with one attached hydrogen (secondary N) is 1. The predicted octanol–water partition coefficient (Wildman–Crippen LogP) is 4.50. The van der Waals surface area contributed by atoms with Gasteiger partial charge >= 0.3 is 0 Å². The summed E-state index contributed by atoms with van der Waals surface area (Å²) in [4.78, 5) is 0. The second-order valence-corrected chi connectivity index (χ2v) is 6.08. The van der Waals surface area contributed by atoms with Gasteiger partial charge in [-0.2, -0.15) is 0 Å². The van der Waals surface area contributed by atoms with Crippen LogP contribution in [0.15, 0.2) is 18.2 Å². The molecule has 2 atom stereocenters. The maximum absolute atomic E-state index is 6.26. The Morgan fingerprint density at radius 3 is 2.75 bits per heavy atom. The molecule has 0 aromatic heterocycles. The molecule has 3 nitrogen and oxygen atoms in total. The summed E-state index contributed by atoms with van der Waals surface area (Å²) in [7, 11) is 1.79. The molecule has 20 heavy (non-hydrogen) atoms. The van der Waals surface area contributed by atoms with Gasteiger partial charge in [0.15, 0.2) is 0 Å². The average Bonchev–Trinajstić information content (AvgIpc) is 2.42. The highest BCUT2D eigenvalue weighted by molar-refractivity contribution is 6.32. The number of benzene rings is 1. The van der Waals surface area contributed by atoms with Crippen molar-refractivity contribution in [1.29, 1.82) is 0 Å². The van der Waals surface area contributed by atoms with Crippen LogP contribution in [0.25, 0.3) is 0 Å². The van der Waals surface area contributed by atoms with Gasteiger partial charge in [-0.1, -0.05) is 11.6 Å². The molecule has 0 aliphatic heterocycles. The van der Waals surface area contributed by atoms with E-state index in [0.717, 1.165) is 24.3 Å². The fourth-order valence-corrected chi connectivity index (χ4v) is 2.89. The highest BCUT2D eigenvalue weighted by Gasteiger charge is 2.21. The van der Waals surface area contributed by atoms with E-state index in [9.17, 15) is 0 Å². The van der Waals surface area contributed by atoms with Crippen molar-refractivity contribution in [3.05, 3.63) is 23.2 Å². The Morgan fingerprint density at radius 2 is 2.10 bits per heavy atom. The molecule has 1 aliphatic carbocycles. The molecule has 2 unspecified atom stereocenters. The Hall–Kier alpha value is -0.930. The Bertz CT molecular complexity index is 436. The van der Waals surface area contributed by atoms with Crippen molar-refractivity contribution in [2.45, 2.75) is 57.8 Å². The first-order valence-corrected chi connectivity index (χ1v) is 7.72. The minimum Gasteiger partial charge on any atom is -0.489 e. The Morgan fingerprint density at radius 1 is 1.30 bits per heavy atom. The quantitative estimate of drug-likeness (QED) is 0.868. The number of methoxy groups -OCH3 is 1. The summed E-state index contributed by atoms with van der Waals surface area (Å²) < 4.78 is 11.1. The minimum absolute atomic E-state index is 0.132. The summed E-state index contributed by atoms with van der Waals surface area (Å²) in [6.07, 6.45) is 5.11. The van der Waals surface area contributed by atoms with Crippen LogP contribution in [0.5, 0.6) is 5.75 Å². The zero-order valence-corrected chi connectivity index (χ0v) is 13.2. The number of halogens is 1. The topological polar surface area (TPSA) is 30.5 Å². The van der Waals surface area contributed by atoms with E-state index in [2.05, 4.69) is 5.32 Å². The first-order chi connectivity index (χ1) is 9.58. The Kier molecular flexibility index (Phi) is 5.55. The van der Waals surface area contributed by atoms with Crippen LogP contribution >= 0.6 is 11.6 Å². The molecule has 0 heterocycles. The van der Waals surface area contributed by atoms with E-state index in [1.54, 1.807) is 7.11 Å². The number of hydrogen-bond donors (Lipinski definition) is 1. The maximum Gasteiger partial charge on any atom is 0.138 e. The second-order valence-electron chi connectivity index (χ2n) is 5.68. The zero-order chi connectivity index (χ0) is 14.5. The lowest BCUT2D eigenvalue weighted by Gasteiger charge is -2.29. The van der Waals surface area contributed by atoms with Crippen molar-refractivity contribution in [3.8, 4) is 5.75 Å². The summed E-state index contributed by atoms with van der Waals surface area (Å²) >= 11 is 6.26. The lowest BCUT2D eigenvalue weighted by Crippen LogP contribution is -2.30. The zero-order valence-electron chi connectivity index (χ0n) is 12.5. The number of anilines is 1. The molecule has 1 aliphatic rings. The van der Waals surface area contributed by atoms with Crippen molar-refractivity contribution in [2.24, 2.45) is 0 Å². The van der Waals surface area contributed by atoms with E-state index >= 15 is 0 Å². The Balaban J connectivity index is 1.97. The average molecular weight is 298 g/mol. The fraction of sp³-hybridized carbons (Fsp3) is 0.625. The minimum atomic E-state index is 0.132. The van der Waals surface area contributed by atoms with Crippen molar-refractivity contribution in [1.82, 2.24) is 0 Å². The number of ether oxygens (including phenoxy) is 2. The molecule has 0 radical (unpaired) electrons. The summed E-state index contributed by atoms with van der Waals surface area (Å²) in [5.41, 5.74) is 1.05. The molecule has 1 fully saturated rings. The van der Waals surface area contributed by atoms with Crippen LogP contribution in [0.2, 0.25) is 5.02 Å². The van der Waals surface area contributed by atoms with Crippen LogP contribution in [0, 0.1) is 0 Å². The van der Waals surface area contributed by atoms with Gasteiger partial charge in [-0.05, 0) is 57.7 Å². The van der Waals surface area contributed by atoms with Crippen LogP contribution in [-0.4, -0.2) is 25.4 Å².